The molecule has 0 bridgehead atoms. The van der Waals surface area contributed by atoms with Gasteiger partial charge in [0.05, 0.1) is 0 Å². The molecular weight excluding hydrogens is 359 g/mol. The van der Waals surface area contributed by atoms with Crippen molar-refractivity contribution >= 4 is 38.9 Å². The second-order valence-electron chi connectivity index (χ2n) is 6.51. The van der Waals surface area contributed by atoms with Gasteiger partial charge in [-0.1, -0.05) is 0 Å². The molecule has 0 saturated carbocycles. The number of carbonyl (C=O) groups is 1. The summed E-state index contributed by atoms with van der Waals surface area (Å²) in [6.45, 7) is 5.62. The zero-order valence-electron chi connectivity index (χ0n) is 14.8. The number of benzene rings is 3. The average molecular weight is 381 g/mol. The molecule has 0 radical (unpaired) electrons. The topological polar surface area (TPSA) is 17.1 Å². The van der Waals surface area contributed by atoms with Crippen molar-refractivity contribution in [1.29, 1.82) is 0 Å². The van der Waals surface area contributed by atoms with Crippen LogP contribution in [0.25, 0.3) is 0 Å². The molecule has 0 unspecified atom stereocenters. The number of Topliss-reactive ketones (excluding diaryl/α,β-unsaturated/α-hetero) is 1. The first kappa shape index (κ1) is 18.6. The van der Waals surface area contributed by atoms with E-state index in [1.54, 1.807) is 6.92 Å². The first-order valence-electron chi connectivity index (χ1n) is 8.55. The number of allylic oxidation sites excluding steroid dienone is 1. The summed E-state index contributed by atoms with van der Waals surface area (Å²) in [5.41, 5.74) is 0.550. The predicted octanol–water partition coefficient (Wildman–Crippen LogP) is 4.82. The standard InChI is InChI=1S/C23H22ClOP/c1-19(20(2)25)18-26(24,21-12-6-3-7-13-21,22-14-8-4-9-15-22)23-16-10-5-11-17-23/h3-17H,1,18H2,2H3. The molecule has 0 amide bonds. The fourth-order valence-electron chi connectivity index (χ4n) is 3.41. The van der Waals surface area contributed by atoms with Crippen LogP contribution in [-0.2, 0) is 4.79 Å². The van der Waals surface area contributed by atoms with E-state index in [4.69, 9.17) is 11.2 Å². The Morgan fingerprint density at radius 3 is 1.35 bits per heavy atom. The summed E-state index contributed by atoms with van der Waals surface area (Å²) < 4.78 is 0. The molecule has 132 valence electrons. The van der Waals surface area contributed by atoms with Gasteiger partial charge in [-0.25, -0.2) is 0 Å². The number of hydrogen-bond donors (Lipinski definition) is 0. The van der Waals surface area contributed by atoms with Crippen LogP contribution in [0.5, 0.6) is 0 Å². The van der Waals surface area contributed by atoms with Crippen LogP contribution in [0.15, 0.2) is 103 Å². The summed E-state index contributed by atoms with van der Waals surface area (Å²) in [5.74, 6) is -3.44. The molecule has 0 heterocycles. The number of rotatable bonds is 6. The van der Waals surface area contributed by atoms with E-state index >= 15 is 0 Å². The van der Waals surface area contributed by atoms with Gasteiger partial charge in [-0.2, -0.15) is 0 Å². The van der Waals surface area contributed by atoms with Crippen molar-refractivity contribution in [2.24, 2.45) is 0 Å². The zero-order valence-corrected chi connectivity index (χ0v) is 16.5. The second-order valence-corrected chi connectivity index (χ2v) is 13.0. The SMILES string of the molecule is C=C(CP(Cl)(c1ccccc1)(c1ccccc1)c1ccccc1)C(C)=O. The van der Waals surface area contributed by atoms with Crippen molar-refractivity contribution in [3.63, 3.8) is 0 Å². The maximum absolute atomic E-state index is 12.1. The molecular formula is C23H22ClOP. The molecule has 0 fully saturated rings. The molecule has 0 N–H and O–H groups in total. The van der Waals surface area contributed by atoms with Gasteiger partial charge in [0, 0.05) is 0 Å². The first-order valence-corrected chi connectivity index (χ1v) is 11.9. The molecule has 0 atom stereocenters. The third-order valence-corrected chi connectivity index (χ3v) is 12.1. The van der Waals surface area contributed by atoms with Crippen LogP contribution in [0.3, 0.4) is 0 Å². The van der Waals surface area contributed by atoms with Gasteiger partial charge < -0.3 is 0 Å². The summed E-state index contributed by atoms with van der Waals surface area (Å²) in [4.78, 5) is 12.1. The van der Waals surface area contributed by atoms with E-state index < -0.39 is 5.96 Å². The Balaban J connectivity index is 2.43. The molecule has 3 aromatic carbocycles. The molecule has 3 rings (SSSR count). The molecule has 0 saturated heterocycles. The summed E-state index contributed by atoms with van der Waals surface area (Å²) in [7, 11) is 0. The number of ketones is 1. The number of hydrogen-bond acceptors (Lipinski definition) is 1. The quantitative estimate of drug-likeness (QED) is 0.443. The van der Waals surface area contributed by atoms with Gasteiger partial charge in [-0.15, -0.1) is 0 Å². The van der Waals surface area contributed by atoms with Crippen LogP contribution in [0, 0.1) is 0 Å². The van der Waals surface area contributed by atoms with Crippen molar-refractivity contribution < 1.29 is 4.79 Å². The van der Waals surface area contributed by atoms with E-state index in [0.29, 0.717) is 11.7 Å². The van der Waals surface area contributed by atoms with Crippen LogP contribution in [-0.4, -0.2) is 11.9 Å². The zero-order chi connectivity index (χ0) is 18.6. The molecule has 3 aromatic rings. The molecule has 0 aliphatic heterocycles. The van der Waals surface area contributed by atoms with Crippen molar-refractivity contribution in [2.45, 2.75) is 6.92 Å². The molecule has 0 spiro atoms. The van der Waals surface area contributed by atoms with Crippen molar-refractivity contribution in [3.05, 3.63) is 103 Å². The Labute approximate surface area is 160 Å². The average Bonchev–Trinajstić information content (AvgIpc) is 2.70. The maximum atomic E-state index is 12.1. The van der Waals surface area contributed by atoms with Crippen molar-refractivity contribution in [3.8, 4) is 0 Å². The van der Waals surface area contributed by atoms with Gasteiger partial charge >= 0.3 is 160 Å². The van der Waals surface area contributed by atoms with Gasteiger partial charge in [-0.3, -0.25) is 0 Å². The van der Waals surface area contributed by atoms with Crippen LogP contribution in [0.2, 0.25) is 0 Å². The molecule has 1 nitrogen and oxygen atoms in total. The number of halogens is 1. The minimum absolute atomic E-state index is 0.0255. The second kappa shape index (κ2) is 7.19. The van der Waals surface area contributed by atoms with Gasteiger partial charge in [-0.05, 0) is 0 Å². The molecule has 0 aromatic heterocycles. The Kier molecular flexibility index (Phi) is 5.14. The Bertz CT molecular complexity index is 821. The summed E-state index contributed by atoms with van der Waals surface area (Å²) >= 11 is 7.83. The van der Waals surface area contributed by atoms with Crippen LogP contribution >= 0.6 is 17.2 Å². The fraction of sp³-hybridized carbons (Fsp3) is 0.0870. The molecule has 3 heteroatoms. The molecule has 0 aliphatic carbocycles. The van der Waals surface area contributed by atoms with Crippen LogP contribution in [0.4, 0.5) is 0 Å². The van der Waals surface area contributed by atoms with Gasteiger partial charge in [0.15, 0.2) is 0 Å². The van der Waals surface area contributed by atoms with E-state index in [1.807, 2.05) is 54.6 Å². The Morgan fingerprint density at radius 2 is 1.08 bits per heavy atom. The van der Waals surface area contributed by atoms with E-state index in [1.165, 1.54) is 0 Å². The van der Waals surface area contributed by atoms with Crippen LogP contribution in [0.1, 0.15) is 6.92 Å². The van der Waals surface area contributed by atoms with E-state index in [9.17, 15) is 4.79 Å². The van der Waals surface area contributed by atoms with E-state index in [-0.39, 0.29) is 5.78 Å². The molecule has 0 aliphatic rings. The predicted molar refractivity (Wildman–Crippen MR) is 116 cm³/mol. The third kappa shape index (κ3) is 3.03. The summed E-state index contributed by atoms with van der Waals surface area (Å²) in [6.07, 6.45) is 0.417. The van der Waals surface area contributed by atoms with Gasteiger partial charge in [0.1, 0.15) is 0 Å². The monoisotopic (exact) mass is 380 g/mol. The first-order chi connectivity index (χ1) is 12.5. The van der Waals surface area contributed by atoms with E-state index in [2.05, 4.69) is 43.0 Å². The van der Waals surface area contributed by atoms with Crippen LogP contribution < -0.4 is 15.9 Å². The summed E-state index contributed by atoms with van der Waals surface area (Å²) in [6, 6.07) is 30.4. The minimum atomic E-state index is -3.41. The van der Waals surface area contributed by atoms with Gasteiger partial charge in [0.25, 0.3) is 0 Å². The van der Waals surface area contributed by atoms with Crippen molar-refractivity contribution in [1.82, 2.24) is 0 Å². The van der Waals surface area contributed by atoms with Gasteiger partial charge in [0.2, 0.25) is 0 Å². The van der Waals surface area contributed by atoms with E-state index in [0.717, 1.165) is 15.9 Å². The Morgan fingerprint density at radius 1 is 0.769 bits per heavy atom. The number of carbonyl (C=O) groups excluding carboxylic acids is 1. The fourth-order valence-corrected chi connectivity index (χ4v) is 9.62. The molecule has 26 heavy (non-hydrogen) atoms. The normalized spacial score (nSPS) is 12.8. The van der Waals surface area contributed by atoms with Crippen molar-refractivity contribution in [2.75, 3.05) is 6.16 Å². The third-order valence-electron chi connectivity index (χ3n) is 4.87. The summed E-state index contributed by atoms with van der Waals surface area (Å²) in [5, 5.41) is 3.12. The Hall–Kier alpha value is -2.21.